The van der Waals surface area contributed by atoms with E-state index in [2.05, 4.69) is 10.6 Å². The van der Waals surface area contributed by atoms with Gasteiger partial charge in [0, 0.05) is 30.2 Å². The number of nitrogens with one attached hydrogen (secondary N) is 2. The number of non-ortho nitro benzene ring substituents is 1. The van der Waals surface area contributed by atoms with Crippen LogP contribution >= 0.6 is 0 Å². The van der Waals surface area contributed by atoms with E-state index in [1.807, 2.05) is 30.3 Å². The van der Waals surface area contributed by atoms with Crippen molar-refractivity contribution >= 4 is 23.5 Å². The summed E-state index contributed by atoms with van der Waals surface area (Å²) in [6.45, 7) is 0.188. The molecule has 2 aliphatic heterocycles. The molecule has 2 aliphatic rings. The first-order valence-corrected chi connectivity index (χ1v) is 12.2. The van der Waals surface area contributed by atoms with E-state index in [1.54, 1.807) is 18.2 Å². The molecule has 4 unspecified atom stereocenters. The first-order valence-electron chi connectivity index (χ1n) is 12.2. The molecule has 2 heterocycles. The first-order chi connectivity index (χ1) is 18.7. The number of methoxy groups -OCH3 is 1. The largest absolute Gasteiger partial charge is 0.493 e. The van der Waals surface area contributed by atoms with Crippen molar-refractivity contribution in [3.05, 3.63) is 99.6 Å². The van der Waals surface area contributed by atoms with Gasteiger partial charge in [0.05, 0.1) is 23.9 Å². The third-order valence-corrected chi connectivity index (χ3v) is 7.30. The number of carboxylic acids is 1. The van der Waals surface area contributed by atoms with E-state index in [1.165, 1.54) is 31.4 Å². The van der Waals surface area contributed by atoms with Crippen molar-refractivity contribution in [3.8, 4) is 11.5 Å². The van der Waals surface area contributed by atoms with Crippen LogP contribution in [-0.4, -0.2) is 40.5 Å². The lowest BCUT2D eigenvalue weighted by atomic mass is 9.76. The maximum Gasteiger partial charge on any atom is 0.325 e. The van der Waals surface area contributed by atoms with Gasteiger partial charge in [-0.25, -0.2) is 0 Å². The highest BCUT2D eigenvalue weighted by atomic mass is 16.6. The van der Waals surface area contributed by atoms with Gasteiger partial charge < -0.3 is 14.6 Å². The monoisotopic (exact) mass is 531 g/mol. The standard InChI is InChI=1S/C28H25N3O8/c1-38-20-9-5-8-19(24(20)39-15-17-6-3-2-4-7-17)23-21-22(26(33)29-25(21)32)28(30-23,27(34)35)14-16-10-12-18(13-11-16)31(36)37/h2-13,21-23,30H,14-15H2,1H3,(H,34,35)(H,29,32,33). The van der Waals surface area contributed by atoms with E-state index in [0.29, 0.717) is 22.6 Å². The molecule has 0 aliphatic carbocycles. The lowest BCUT2D eigenvalue weighted by molar-refractivity contribution is -0.384. The van der Waals surface area contributed by atoms with Crippen LogP contribution in [0.25, 0.3) is 0 Å². The third kappa shape index (κ3) is 4.57. The van der Waals surface area contributed by atoms with Gasteiger partial charge in [-0.1, -0.05) is 54.6 Å². The Morgan fingerprint density at radius 3 is 2.36 bits per heavy atom. The van der Waals surface area contributed by atoms with Gasteiger partial charge in [-0.05, 0) is 17.2 Å². The highest BCUT2D eigenvalue weighted by Gasteiger charge is 2.66. The summed E-state index contributed by atoms with van der Waals surface area (Å²) in [7, 11) is 1.47. The van der Waals surface area contributed by atoms with E-state index < -0.39 is 46.1 Å². The van der Waals surface area contributed by atoms with E-state index >= 15 is 0 Å². The molecule has 11 nitrogen and oxygen atoms in total. The van der Waals surface area contributed by atoms with Crippen LogP contribution < -0.4 is 20.1 Å². The first kappa shape index (κ1) is 25.9. The number of benzene rings is 3. The molecule has 0 radical (unpaired) electrons. The summed E-state index contributed by atoms with van der Waals surface area (Å²) in [6.07, 6.45) is -0.192. The quantitative estimate of drug-likeness (QED) is 0.215. The molecule has 0 saturated carbocycles. The Balaban J connectivity index is 1.56. The molecule has 2 fully saturated rings. The number of ether oxygens (including phenoxy) is 2. The fourth-order valence-corrected chi connectivity index (χ4v) is 5.51. The second-order valence-electron chi connectivity index (χ2n) is 9.51. The molecule has 3 N–H and O–H groups in total. The summed E-state index contributed by atoms with van der Waals surface area (Å²) < 4.78 is 11.7. The molecule has 3 aromatic carbocycles. The van der Waals surface area contributed by atoms with Crippen molar-refractivity contribution in [1.82, 2.24) is 10.6 Å². The molecule has 4 atom stereocenters. The van der Waals surface area contributed by atoms with Crippen LogP contribution in [0.4, 0.5) is 5.69 Å². The third-order valence-electron chi connectivity index (χ3n) is 7.30. The van der Waals surface area contributed by atoms with Crippen molar-refractivity contribution in [1.29, 1.82) is 0 Å². The topological polar surface area (TPSA) is 157 Å². The van der Waals surface area contributed by atoms with Crippen LogP contribution in [0, 0.1) is 22.0 Å². The van der Waals surface area contributed by atoms with E-state index in [-0.39, 0.29) is 18.7 Å². The number of carboxylic acid groups (broad SMARTS) is 1. The normalized spacial score (nSPS) is 23.7. The molecule has 2 saturated heterocycles. The maximum absolute atomic E-state index is 13.1. The fraction of sp³-hybridized carbons (Fsp3) is 0.250. The van der Waals surface area contributed by atoms with Crippen molar-refractivity contribution in [3.63, 3.8) is 0 Å². The zero-order valence-corrected chi connectivity index (χ0v) is 20.8. The molecule has 5 rings (SSSR count). The lowest BCUT2D eigenvalue weighted by Gasteiger charge is -2.30. The van der Waals surface area contributed by atoms with Gasteiger partial charge in [0.2, 0.25) is 11.8 Å². The molecule has 39 heavy (non-hydrogen) atoms. The average Bonchev–Trinajstić information content (AvgIpc) is 3.44. The van der Waals surface area contributed by atoms with Crippen molar-refractivity contribution < 1.29 is 33.9 Å². The van der Waals surface area contributed by atoms with Gasteiger partial charge in [0.15, 0.2) is 11.5 Å². The number of carbonyl (C=O) groups excluding carboxylic acids is 2. The van der Waals surface area contributed by atoms with Gasteiger partial charge in [-0.2, -0.15) is 0 Å². The number of rotatable bonds is 9. The lowest BCUT2D eigenvalue weighted by Crippen LogP contribution is -2.57. The highest BCUT2D eigenvalue weighted by molar-refractivity contribution is 6.09. The predicted molar refractivity (Wildman–Crippen MR) is 137 cm³/mol. The molecule has 11 heteroatoms. The summed E-state index contributed by atoms with van der Waals surface area (Å²) in [4.78, 5) is 49.5. The zero-order valence-electron chi connectivity index (χ0n) is 20.8. The van der Waals surface area contributed by atoms with Crippen LogP contribution in [0.15, 0.2) is 72.8 Å². The molecule has 3 aromatic rings. The molecule has 2 amide bonds. The number of nitro benzene ring substituents is 1. The van der Waals surface area contributed by atoms with Gasteiger partial charge in [-0.3, -0.25) is 35.1 Å². The second kappa shape index (κ2) is 10.2. The summed E-state index contributed by atoms with van der Waals surface area (Å²) in [5, 5.41) is 27.0. The minimum atomic E-state index is -1.87. The molecule has 0 bridgehead atoms. The van der Waals surface area contributed by atoms with Crippen molar-refractivity contribution in [2.45, 2.75) is 24.6 Å². The minimum absolute atomic E-state index is 0.149. The Morgan fingerprint density at radius 2 is 1.72 bits per heavy atom. The maximum atomic E-state index is 13.1. The number of imide groups is 1. The highest BCUT2D eigenvalue weighted by Crippen LogP contribution is 2.50. The Morgan fingerprint density at radius 1 is 1.00 bits per heavy atom. The molecule has 0 spiro atoms. The number of para-hydroxylation sites is 1. The minimum Gasteiger partial charge on any atom is -0.493 e. The smallest absolute Gasteiger partial charge is 0.325 e. The van der Waals surface area contributed by atoms with E-state index in [9.17, 15) is 29.6 Å². The summed E-state index contributed by atoms with van der Waals surface area (Å²) in [5.74, 6) is -4.19. The van der Waals surface area contributed by atoms with Crippen LogP contribution in [-0.2, 0) is 27.4 Å². The van der Waals surface area contributed by atoms with Crippen molar-refractivity contribution in [2.75, 3.05) is 7.11 Å². The predicted octanol–water partition coefficient (Wildman–Crippen LogP) is 2.78. The molecular weight excluding hydrogens is 506 g/mol. The number of nitrogens with zero attached hydrogens (tertiary/aromatic N) is 1. The molecular formula is C28H25N3O8. The Hall–Kier alpha value is -4.77. The second-order valence-corrected chi connectivity index (χ2v) is 9.51. The molecule has 0 aromatic heterocycles. The SMILES string of the molecule is COc1cccc(C2NC(Cc3ccc([N+](=O)[O-])cc3)(C(=O)O)C3C(=O)NC(=O)C23)c1OCc1ccccc1. The molecule has 200 valence electrons. The van der Waals surface area contributed by atoms with Crippen LogP contribution in [0.1, 0.15) is 22.7 Å². The number of hydrogen-bond donors (Lipinski definition) is 3. The van der Waals surface area contributed by atoms with Gasteiger partial charge >= 0.3 is 5.97 Å². The van der Waals surface area contributed by atoms with Crippen LogP contribution in [0.2, 0.25) is 0 Å². The van der Waals surface area contributed by atoms with Gasteiger partial charge in [-0.15, -0.1) is 0 Å². The number of nitro groups is 1. The van der Waals surface area contributed by atoms with Crippen molar-refractivity contribution in [2.24, 2.45) is 11.8 Å². The van der Waals surface area contributed by atoms with Crippen LogP contribution in [0.5, 0.6) is 11.5 Å². The number of amides is 2. The number of aliphatic carboxylic acids is 1. The van der Waals surface area contributed by atoms with Gasteiger partial charge in [0.1, 0.15) is 12.1 Å². The van der Waals surface area contributed by atoms with E-state index in [0.717, 1.165) is 5.56 Å². The Bertz CT molecular complexity index is 1440. The Kier molecular flexibility index (Phi) is 6.75. The fourth-order valence-electron chi connectivity index (χ4n) is 5.51. The Labute approximate surface area is 222 Å². The average molecular weight is 532 g/mol. The number of hydrogen-bond acceptors (Lipinski definition) is 8. The van der Waals surface area contributed by atoms with E-state index in [4.69, 9.17) is 9.47 Å². The van der Waals surface area contributed by atoms with Crippen LogP contribution in [0.3, 0.4) is 0 Å². The number of fused-ring (bicyclic) bond motifs is 1. The number of carbonyl (C=O) groups is 3. The zero-order chi connectivity index (χ0) is 27.7. The summed E-state index contributed by atoms with van der Waals surface area (Å²) in [5.41, 5.74) is -0.214. The summed E-state index contributed by atoms with van der Waals surface area (Å²) >= 11 is 0. The summed E-state index contributed by atoms with van der Waals surface area (Å²) in [6, 6.07) is 19.0. The van der Waals surface area contributed by atoms with Gasteiger partial charge in [0.25, 0.3) is 5.69 Å².